The molecule has 4 aromatic rings. The molecule has 0 aliphatic carbocycles. The van der Waals surface area contributed by atoms with Crippen molar-refractivity contribution in [3.63, 3.8) is 0 Å². The summed E-state index contributed by atoms with van der Waals surface area (Å²) < 4.78 is 9.80. The van der Waals surface area contributed by atoms with Gasteiger partial charge in [-0.3, -0.25) is 9.36 Å². The molecule has 0 bridgehead atoms. The number of rotatable bonds is 5. The number of carbonyl (C=O) groups excluding carboxylic acids is 1. The first-order valence-corrected chi connectivity index (χ1v) is 10.5. The minimum atomic E-state index is -0.145. The van der Waals surface area contributed by atoms with E-state index in [2.05, 4.69) is 45.8 Å². The maximum Gasteiger partial charge on any atom is 0.268 e. The summed E-state index contributed by atoms with van der Waals surface area (Å²) in [6, 6.07) is 12.2. The molecule has 0 spiro atoms. The van der Waals surface area contributed by atoms with Gasteiger partial charge in [0, 0.05) is 37.0 Å². The number of ether oxygens (including phenoxy) is 1. The molecule has 5 rings (SSSR count). The van der Waals surface area contributed by atoms with Gasteiger partial charge in [0.05, 0.1) is 22.7 Å². The van der Waals surface area contributed by atoms with Crippen LogP contribution >= 0.6 is 0 Å². The lowest BCUT2D eigenvalue weighted by Crippen LogP contribution is -2.33. The summed E-state index contributed by atoms with van der Waals surface area (Å²) in [6.45, 7) is 5.58. The molecule has 0 saturated carbocycles. The van der Waals surface area contributed by atoms with Crippen molar-refractivity contribution in [2.45, 2.75) is 38.8 Å². The average Bonchev–Trinajstić information content (AvgIpc) is 3.47. The standard InChI is InChI=1S/C23H25N5O2/c1-15(2)27-18-9-4-3-8-17(18)21-19(27)13-20(28(21)23-24-10-6-11-25-23)22(29)26-14-16-7-5-12-30-16/h3-4,6,8-11,13,15-16H,5,7,12,14H2,1-2H3,(H,26,29). The highest BCUT2D eigenvalue weighted by molar-refractivity contribution is 6.11. The number of benzene rings is 1. The predicted molar refractivity (Wildman–Crippen MR) is 116 cm³/mol. The fourth-order valence-electron chi connectivity index (χ4n) is 4.39. The smallest absolute Gasteiger partial charge is 0.268 e. The molecule has 1 atom stereocenters. The summed E-state index contributed by atoms with van der Waals surface area (Å²) in [6.07, 6.45) is 5.51. The zero-order valence-electron chi connectivity index (χ0n) is 17.2. The van der Waals surface area contributed by atoms with Gasteiger partial charge in [-0.2, -0.15) is 0 Å². The molecule has 1 aliphatic rings. The van der Waals surface area contributed by atoms with Gasteiger partial charge in [-0.05, 0) is 44.9 Å². The lowest BCUT2D eigenvalue weighted by Gasteiger charge is -2.13. The van der Waals surface area contributed by atoms with Gasteiger partial charge in [0.2, 0.25) is 5.95 Å². The summed E-state index contributed by atoms with van der Waals surface area (Å²) >= 11 is 0. The van der Waals surface area contributed by atoms with E-state index in [1.807, 2.05) is 22.8 Å². The molecule has 1 fully saturated rings. The molecule has 1 N–H and O–H groups in total. The van der Waals surface area contributed by atoms with Crippen LogP contribution in [-0.2, 0) is 4.74 Å². The van der Waals surface area contributed by atoms with E-state index in [1.54, 1.807) is 18.5 Å². The quantitative estimate of drug-likeness (QED) is 0.549. The van der Waals surface area contributed by atoms with Crippen molar-refractivity contribution in [3.05, 3.63) is 54.5 Å². The number of nitrogens with zero attached hydrogens (tertiary/aromatic N) is 4. The summed E-state index contributed by atoms with van der Waals surface area (Å²) in [5.41, 5.74) is 3.62. The molecule has 1 aliphatic heterocycles. The van der Waals surface area contributed by atoms with E-state index in [-0.39, 0.29) is 18.1 Å². The Balaban J connectivity index is 1.70. The van der Waals surface area contributed by atoms with Crippen LogP contribution in [0.3, 0.4) is 0 Å². The molecular weight excluding hydrogens is 378 g/mol. The first kappa shape index (κ1) is 18.8. The molecule has 1 amide bonds. The van der Waals surface area contributed by atoms with Crippen molar-refractivity contribution in [1.29, 1.82) is 0 Å². The normalized spacial score (nSPS) is 16.7. The molecule has 30 heavy (non-hydrogen) atoms. The number of fused-ring (bicyclic) bond motifs is 3. The summed E-state index contributed by atoms with van der Waals surface area (Å²) in [4.78, 5) is 22.1. The summed E-state index contributed by atoms with van der Waals surface area (Å²) in [5, 5.41) is 4.12. The van der Waals surface area contributed by atoms with Crippen molar-refractivity contribution in [1.82, 2.24) is 24.4 Å². The second kappa shape index (κ2) is 7.57. The number of para-hydroxylation sites is 1. The van der Waals surface area contributed by atoms with Crippen molar-refractivity contribution in [3.8, 4) is 5.95 Å². The maximum atomic E-state index is 13.2. The third kappa shape index (κ3) is 3.06. The Morgan fingerprint density at radius 3 is 2.73 bits per heavy atom. The molecule has 154 valence electrons. The fourth-order valence-corrected chi connectivity index (χ4v) is 4.39. The molecular formula is C23H25N5O2. The van der Waals surface area contributed by atoms with Gasteiger partial charge in [0.1, 0.15) is 5.69 Å². The Kier molecular flexibility index (Phi) is 4.75. The fraction of sp³-hybridized carbons (Fsp3) is 0.348. The monoisotopic (exact) mass is 403 g/mol. The van der Waals surface area contributed by atoms with Crippen LogP contribution in [0.15, 0.2) is 48.8 Å². The molecule has 3 aromatic heterocycles. The van der Waals surface area contributed by atoms with E-state index in [0.29, 0.717) is 18.2 Å². The second-order valence-corrected chi connectivity index (χ2v) is 7.97. The summed E-state index contributed by atoms with van der Waals surface area (Å²) in [5.74, 6) is 0.343. The molecule has 1 aromatic carbocycles. The highest BCUT2D eigenvalue weighted by Gasteiger charge is 2.25. The minimum Gasteiger partial charge on any atom is -0.376 e. The number of hydrogen-bond donors (Lipinski definition) is 1. The van der Waals surface area contributed by atoms with E-state index in [4.69, 9.17) is 4.74 Å². The molecule has 1 unspecified atom stereocenters. The van der Waals surface area contributed by atoms with E-state index < -0.39 is 0 Å². The van der Waals surface area contributed by atoms with Gasteiger partial charge < -0.3 is 14.6 Å². The molecule has 1 saturated heterocycles. The van der Waals surface area contributed by atoms with Crippen LogP contribution in [0, 0.1) is 0 Å². The van der Waals surface area contributed by atoms with Crippen LogP contribution in [0.2, 0.25) is 0 Å². The number of carbonyl (C=O) groups is 1. The Hall–Kier alpha value is -3.19. The van der Waals surface area contributed by atoms with Crippen LogP contribution in [0.5, 0.6) is 0 Å². The minimum absolute atomic E-state index is 0.0880. The number of amides is 1. The van der Waals surface area contributed by atoms with Gasteiger partial charge in [-0.1, -0.05) is 18.2 Å². The highest BCUT2D eigenvalue weighted by atomic mass is 16.5. The molecule has 0 radical (unpaired) electrons. The van der Waals surface area contributed by atoms with Gasteiger partial charge in [-0.25, -0.2) is 9.97 Å². The Bertz CT molecular complexity index is 1200. The number of hydrogen-bond acceptors (Lipinski definition) is 4. The maximum absolute atomic E-state index is 13.2. The molecule has 7 nitrogen and oxygen atoms in total. The lowest BCUT2D eigenvalue weighted by atomic mass is 10.2. The predicted octanol–water partition coefficient (Wildman–Crippen LogP) is 3.86. The Morgan fingerprint density at radius 1 is 1.20 bits per heavy atom. The van der Waals surface area contributed by atoms with Crippen LogP contribution in [0.25, 0.3) is 27.9 Å². The van der Waals surface area contributed by atoms with Crippen molar-refractivity contribution < 1.29 is 9.53 Å². The van der Waals surface area contributed by atoms with Crippen molar-refractivity contribution in [2.24, 2.45) is 0 Å². The largest absolute Gasteiger partial charge is 0.376 e. The highest BCUT2D eigenvalue weighted by Crippen LogP contribution is 2.35. The number of nitrogens with one attached hydrogen (secondary N) is 1. The topological polar surface area (TPSA) is 74.0 Å². The SMILES string of the molecule is CC(C)n1c2ccccc2c2c1cc(C(=O)NCC1CCCO1)n2-c1ncccn1. The van der Waals surface area contributed by atoms with E-state index in [1.165, 1.54) is 0 Å². The van der Waals surface area contributed by atoms with E-state index >= 15 is 0 Å². The second-order valence-electron chi connectivity index (χ2n) is 7.97. The van der Waals surface area contributed by atoms with Crippen LogP contribution in [0.4, 0.5) is 0 Å². The zero-order chi connectivity index (χ0) is 20.7. The molecule has 7 heteroatoms. The van der Waals surface area contributed by atoms with Gasteiger partial charge >= 0.3 is 0 Å². The van der Waals surface area contributed by atoms with Crippen molar-refractivity contribution in [2.75, 3.05) is 13.2 Å². The Morgan fingerprint density at radius 2 is 2.00 bits per heavy atom. The van der Waals surface area contributed by atoms with Gasteiger partial charge in [0.15, 0.2) is 0 Å². The lowest BCUT2D eigenvalue weighted by molar-refractivity contribution is 0.0852. The molecule has 4 heterocycles. The van der Waals surface area contributed by atoms with E-state index in [0.717, 1.165) is 41.4 Å². The first-order chi connectivity index (χ1) is 14.6. The first-order valence-electron chi connectivity index (χ1n) is 10.5. The van der Waals surface area contributed by atoms with Crippen LogP contribution in [0.1, 0.15) is 43.2 Å². The number of aromatic nitrogens is 4. The average molecular weight is 403 g/mol. The zero-order valence-corrected chi connectivity index (χ0v) is 17.2. The third-order valence-corrected chi connectivity index (χ3v) is 5.67. The summed E-state index contributed by atoms with van der Waals surface area (Å²) in [7, 11) is 0. The van der Waals surface area contributed by atoms with Crippen LogP contribution in [-0.4, -0.2) is 44.3 Å². The Labute approximate surface area is 174 Å². The van der Waals surface area contributed by atoms with E-state index in [9.17, 15) is 4.79 Å². The van der Waals surface area contributed by atoms with Gasteiger partial charge in [-0.15, -0.1) is 0 Å². The van der Waals surface area contributed by atoms with Crippen molar-refractivity contribution >= 4 is 27.8 Å². The van der Waals surface area contributed by atoms with Gasteiger partial charge in [0.25, 0.3) is 5.91 Å². The van der Waals surface area contributed by atoms with Crippen LogP contribution < -0.4 is 5.32 Å². The third-order valence-electron chi connectivity index (χ3n) is 5.67.